The Morgan fingerprint density at radius 3 is 1.41 bits per heavy atom. The molecule has 10 bridgehead atoms. The number of carbonyl (C=O) groups is 8. The van der Waals surface area contributed by atoms with Crippen LogP contribution in [0.5, 0.6) is 0 Å². The molecule has 100 heavy (non-hydrogen) atoms. The first-order chi connectivity index (χ1) is 41.8. The van der Waals surface area contributed by atoms with Crippen LogP contribution in [-0.2, 0) is 76.3 Å². The summed E-state index contributed by atoms with van der Waals surface area (Å²) < 4.78 is 42.4. The minimum atomic E-state index is -0.722. The van der Waals surface area contributed by atoms with E-state index in [0.29, 0.717) is 56.1 Å². The number of aliphatic hydroxyl groups is 1. The molecule has 19 heteroatoms. The second kappa shape index (κ2) is 42.2. The molecule has 594 valence electrons. The number of hydrogen-bond donors (Lipinski definition) is 2. The van der Waals surface area contributed by atoms with Gasteiger partial charge in [0.25, 0.3) is 0 Å². The first kappa shape index (κ1) is 105. The summed E-state index contributed by atoms with van der Waals surface area (Å²) in [6.45, 7) is 33.4. The Bertz CT molecular complexity index is 2450. The smallest absolute Gasteiger partial charge is 0.347 e. The van der Waals surface area contributed by atoms with Crippen LogP contribution in [-0.4, -0.2) is 125 Å². The van der Waals surface area contributed by atoms with Crippen molar-refractivity contribution >= 4 is 59.5 Å². The van der Waals surface area contributed by atoms with E-state index >= 15 is 0 Å². The van der Waals surface area contributed by atoms with E-state index in [1.165, 1.54) is 51.4 Å². The van der Waals surface area contributed by atoms with Crippen molar-refractivity contribution in [3.63, 3.8) is 0 Å². The quantitative estimate of drug-likeness (QED) is 0.101. The number of carbonyl (C=O) groups excluding carboxylic acids is 7. The van der Waals surface area contributed by atoms with Crippen molar-refractivity contribution in [3.8, 4) is 0 Å². The van der Waals surface area contributed by atoms with E-state index in [-0.39, 0.29) is 158 Å². The number of thioether (sulfide) groups is 1. The molecule has 10 saturated carbocycles. The summed E-state index contributed by atoms with van der Waals surface area (Å²) >= 11 is 1.76. The first-order valence-corrected chi connectivity index (χ1v) is 35.5. The minimum Gasteiger partial charge on any atom is -0.481 e. The van der Waals surface area contributed by atoms with Gasteiger partial charge < -0.3 is 48.1 Å². The van der Waals surface area contributed by atoms with Crippen molar-refractivity contribution in [1.82, 2.24) is 0 Å². The summed E-state index contributed by atoms with van der Waals surface area (Å²) in [6.07, 6.45) is 19.2. The molecule has 0 aromatic heterocycles. The van der Waals surface area contributed by atoms with Crippen molar-refractivity contribution in [3.05, 3.63) is 0 Å². The lowest BCUT2D eigenvalue weighted by Crippen LogP contribution is -2.60. The maximum atomic E-state index is 12.6. The lowest BCUT2D eigenvalue weighted by molar-refractivity contribution is -0.218. The molecular weight excluding hydrogens is 1290 g/mol. The molecule has 13 aliphatic rings. The highest BCUT2D eigenvalue weighted by Gasteiger charge is 2.64. The molecule has 0 aromatic rings. The average Bonchev–Trinajstić information content (AvgIpc) is 1.15. The number of carboxylic acids is 1. The van der Waals surface area contributed by atoms with E-state index in [9.17, 15) is 43.5 Å². The monoisotopic (exact) mass is 1450 g/mol. The lowest BCUT2D eigenvalue weighted by Gasteiger charge is -2.60. The van der Waals surface area contributed by atoms with Gasteiger partial charge in [-0.15, -0.1) is 0 Å². The number of rotatable bonds is 17. The average molecular weight is 1450 g/mol. The summed E-state index contributed by atoms with van der Waals surface area (Å²) in [5.74, 6) is 4.24. The third kappa shape index (κ3) is 25.7. The first-order valence-electron chi connectivity index (χ1n) is 34.4. The second-order valence-electron chi connectivity index (χ2n) is 32.1. The number of esters is 7. The van der Waals surface area contributed by atoms with Gasteiger partial charge in [0.05, 0.1) is 57.6 Å². The fourth-order valence-corrected chi connectivity index (χ4v) is 16.5. The summed E-state index contributed by atoms with van der Waals surface area (Å²) in [5, 5.41) is 18.7. The maximum absolute atomic E-state index is 12.6. The van der Waals surface area contributed by atoms with Crippen molar-refractivity contribution < 1.29 is 86.5 Å². The van der Waals surface area contributed by atoms with Crippen LogP contribution in [0.2, 0.25) is 0 Å². The topological polar surface area (TPSA) is 251 Å². The van der Waals surface area contributed by atoms with Gasteiger partial charge >= 0.3 is 47.8 Å². The summed E-state index contributed by atoms with van der Waals surface area (Å²) in [4.78, 5) is 92.5. The normalized spacial score (nSPS) is 31.1. The molecule has 10 aliphatic carbocycles. The molecule has 9 atom stereocenters. The summed E-state index contributed by atoms with van der Waals surface area (Å²) in [6, 6.07) is 0. The van der Waals surface area contributed by atoms with Crippen LogP contribution in [0.3, 0.4) is 0 Å². The van der Waals surface area contributed by atoms with Crippen LogP contribution in [0.25, 0.3) is 0 Å². The third-order valence-electron chi connectivity index (χ3n) is 23.0. The van der Waals surface area contributed by atoms with Gasteiger partial charge in [-0.05, 0) is 232 Å². The van der Waals surface area contributed by atoms with Crippen molar-refractivity contribution in [2.24, 2.45) is 85.8 Å². The molecule has 3 aliphatic heterocycles. The Labute approximate surface area is 616 Å². The van der Waals surface area contributed by atoms with E-state index in [0.717, 1.165) is 86.5 Å². The highest BCUT2D eigenvalue weighted by atomic mass is 32.2. The van der Waals surface area contributed by atoms with Gasteiger partial charge in [-0.2, -0.15) is 11.8 Å². The van der Waals surface area contributed by atoms with E-state index < -0.39 is 51.6 Å². The van der Waals surface area contributed by atoms with Crippen LogP contribution in [0.1, 0.15) is 320 Å². The fraction of sp³-hybridized carbons (Fsp3) is 0.901. The Balaban J connectivity index is -0.000000362. The van der Waals surface area contributed by atoms with Crippen LogP contribution < -0.4 is 0 Å². The largest absolute Gasteiger partial charge is 0.481 e. The summed E-state index contributed by atoms with van der Waals surface area (Å²) in [5.41, 5.74) is -2.26. The van der Waals surface area contributed by atoms with E-state index in [1.807, 2.05) is 55.4 Å². The van der Waals surface area contributed by atoms with E-state index in [2.05, 4.69) is 20.8 Å². The number of aliphatic carboxylic acids is 1. The van der Waals surface area contributed by atoms with Gasteiger partial charge in [0, 0.05) is 24.0 Å². The van der Waals surface area contributed by atoms with Gasteiger partial charge in [-0.3, -0.25) is 28.8 Å². The molecule has 2 N–H and O–H groups in total. The molecule has 3 heterocycles. The third-order valence-corrected chi connectivity index (χ3v) is 24.0. The van der Waals surface area contributed by atoms with Gasteiger partial charge in [0.2, 0.25) is 12.4 Å². The fourth-order valence-electron chi connectivity index (χ4n) is 15.8. The zero-order valence-electron chi connectivity index (χ0n) is 58.0. The molecule has 13 fully saturated rings. The minimum absolute atomic E-state index is 0. The Morgan fingerprint density at radius 1 is 0.550 bits per heavy atom. The maximum Gasteiger partial charge on any atom is 0.347 e. The zero-order valence-corrected chi connectivity index (χ0v) is 58.8. The number of hydrogen-bond acceptors (Lipinski definition) is 18. The van der Waals surface area contributed by atoms with Crippen molar-refractivity contribution in [1.29, 1.82) is 0 Å². The molecule has 13 rings (SSSR count). The van der Waals surface area contributed by atoms with Crippen molar-refractivity contribution in [2.45, 2.75) is 356 Å². The van der Waals surface area contributed by atoms with Gasteiger partial charge in [-0.1, -0.05) is 123 Å². The van der Waals surface area contributed by atoms with Crippen LogP contribution >= 0.6 is 11.8 Å². The number of cyclic esters (lactones) is 1. The molecule has 9 unspecified atom stereocenters. The molecular formula is C81H156O18S. The predicted molar refractivity (Wildman–Crippen MR) is 408 cm³/mol. The second-order valence-corrected chi connectivity index (χ2v) is 33.2. The number of fused-ring (bicyclic) bond motifs is 1. The van der Waals surface area contributed by atoms with Gasteiger partial charge in [-0.25, -0.2) is 9.59 Å². The van der Waals surface area contributed by atoms with Gasteiger partial charge in [0.1, 0.15) is 17.8 Å². The van der Waals surface area contributed by atoms with Crippen LogP contribution in [0, 0.1) is 85.8 Å². The van der Waals surface area contributed by atoms with Crippen LogP contribution in [0.15, 0.2) is 0 Å². The highest BCUT2D eigenvalue weighted by Crippen LogP contribution is 2.63. The molecule has 18 nitrogen and oxygen atoms in total. The molecule has 0 amide bonds. The standard InChI is InChI=1S/C18H30O2.C16H22O6.C11H18O.C10H16O4.C10H18O3S.C6H12O2.10CH4/c1-5-17(3,4)16(19)20-18(6-2)14-8-12-7-13(10-14)11-15(18)9-12;1-4-16(2,3)15(19)20-7-11(17)21-12-8-5-9-10(6-8)14(18)22-13(9)12;1-10-3-8-2-9(4-10)6-11(12,5-8)7-10;1-4-10(2,3)9(12)14-7-5-6-13-8(7)11;1-4-10(2,3)9(11)13-8-7-14-6-5-12-8;1-4-6(2,3)5(7)8;;;;;;;;;;/h12-15H,5-11H2,1-4H3;8-10,12-13H,4-7H2,1-3H3;8-9,12H,2-7H2,1H3;7H,4-6H2,1-3H3;8H,4-7H2,1-3H3;4H2,1-3H3,(H,7,8);10*1H4. The molecule has 0 spiro atoms. The Morgan fingerprint density at radius 2 is 1.01 bits per heavy atom. The zero-order chi connectivity index (χ0) is 67.2. The molecule has 0 radical (unpaired) electrons. The predicted octanol–water partition coefficient (Wildman–Crippen LogP) is 19.6. The number of ether oxygens (including phenoxy) is 8. The Kier molecular flexibility index (Phi) is 44.2. The molecule has 0 aromatic carbocycles. The lowest BCUT2D eigenvalue weighted by atomic mass is 9.48. The SMILES string of the molecule is C.C.C.C.C.C.C.C.C.C.CC12CC3CC(C1)CC(O)(C3)C2.CCC(C)(C)C(=O)O.CCC(C)(C)C(=O)OC1(CC)C2CC3CC(C2)CC1C3.CCC(C)(C)C(=O)OC1CCOC1=O.CCC(C)(C)C(=O)OC1CSCCO1.CCC(C)(C)C(=O)OCC(=O)OC1C2CC3C(=O)OC1C3C2. The van der Waals surface area contributed by atoms with Gasteiger partial charge in [0.15, 0.2) is 6.61 Å². The Hall–Kier alpha value is -3.97. The molecule has 3 saturated heterocycles. The van der Waals surface area contributed by atoms with E-state index in [1.54, 1.807) is 53.3 Å². The highest BCUT2D eigenvalue weighted by molar-refractivity contribution is 7.99. The van der Waals surface area contributed by atoms with Crippen molar-refractivity contribution in [2.75, 3.05) is 31.3 Å². The summed E-state index contributed by atoms with van der Waals surface area (Å²) in [7, 11) is 0. The number of carboxylic acid groups (broad SMARTS) is 1. The van der Waals surface area contributed by atoms with E-state index in [4.69, 9.17) is 43.0 Å². The van der Waals surface area contributed by atoms with Crippen LogP contribution in [0.4, 0.5) is 0 Å².